The maximum absolute atomic E-state index is 14.1. The maximum atomic E-state index is 14.1. The molecule has 4 rings (SSSR count). The van der Waals surface area contributed by atoms with E-state index in [0.29, 0.717) is 32.1 Å². The summed E-state index contributed by atoms with van der Waals surface area (Å²) in [6.45, 7) is 11.7. The molecule has 4 aliphatic carbocycles. The molecule has 0 aromatic carbocycles. The highest BCUT2D eigenvalue weighted by molar-refractivity contribution is 6.00. The maximum Gasteiger partial charge on any atom is 0.306 e. The third kappa shape index (κ3) is 3.89. The van der Waals surface area contributed by atoms with Crippen molar-refractivity contribution in [3.8, 4) is 0 Å². The quantitative estimate of drug-likeness (QED) is 0.401. The van der Waals surface area contributed by atoms with Crippen LogP contribution >= 0.6 is 0 Å². The zero-order valence-corrected chi connectivity index (χ0v) is 23.3. The number of aliphatic carboxylic acids is 1. The number of carbonyl (C=O) groups is 3. The Balaban J connectivity index is 1.70. The van der Waals surface area contributed by atoms with Crippen LogP contribution in [0.4, 0.5) is 0 Å². The van der Waals surface area contributed by atoms with Gasteiger partial charge in [0.2, 0.25) is 0 Å². The average Bonchev–Trinajstić information content (AvgIpc) is 3.02. The van der Waals surface area contributed by atoms with E-state index in [4.69, 9.17) is 0 Å². The molecule has 208 valence electrons. The Morgan fingerprint density at radius 3 is 2.27 bits per heavy atom. The van der Waals surface area contributed by atoms with E-state index in [1.165, 1.54) is 0 Å². The first-order valence-corrected chi connectivity index (χ1v) is 14.1. The number of rotatable bonds is 7. The lowest BCUT2D eigenvalue weighted by molar-refractivity contribution is -0.144. The van der Waals surface area contributed by atoms with Gasteiger partial charge in [-0.2, -0.15) is 0 Å². The van der Waals surface area contributed by atoms with E-state index in [9.17, 15) is 34.8 Å². The van der Waals surface area contributed by atoms with E-state index >= 15 is 0 Å². The van der Waals surface area contributed by atoms with Crippen LogP contribution in [-0.4, -0.2) is 56.8 Å². The lowest BCUT2D eigenvalue weighted by atomic mass is 9.42. The number of hydrogen-bond donors (Lipinski definition) is 4. The Hall–Kier alpha value is -1.57. The summed E-state index contributed by atoms with van der Waals surface area (Å²) in [7, 11) is 0. The molecule has 0 amide bonds. The Kier molecular flexibility index (Phi) is 7.12. The number of aliphatic hydroxyl groups excluding tert-OH is 3. The summed E-state index contributed by atoms with van der Waals surface area (Å²) in [6, 6.07) is 0. The molecule has 4 aliphatic rings. The molecule has 4 N–H and O–H groups in total. The van der Waals surface area contributed by atoms with Gasteiger partial charge in [0.25, 0.3) is 0 Å². The number of fused-ring (bicyclic) bond motifs is 4. The van der Waals surface area contributed by atoms with Crippen molar-refractivity contribution >= 4 is 17.5 Å². The van der Waals surface area contributed by atoms with Gasteiger partial charge in [-0.25, -0.2) is 0 Å². The highest BCUT2D eigenvalue weighted by Crippen LogP contribution is 2.71. The highest BCUT2D eigenvalue weighted by atomic mass is 16.4. The monoisotopic (exact) mass is 518 g/mol. The van der Waals surface area contributed by atoms with Crippen LogP contribution in [0.2, 0.25) is 0 Å². The topological polar surface area (TPSA) is 132 Å². The van der Waals surface area contributed by atoms with E-state index in [-0.39, 0.29) is 48.8 Å². The van der Waals surface area contributed by atoms with Gasteiger partial charge in [0.05, 0.1) is 24.7 Å². The van der Waals surface area contributed by atoms with Crippen molar-refractivity contribution in [3.05, 3.63) is 11.1 Å². The van der Waals surface area contributed by atoms with Crippen LogP contribution in [0.15, 0.2) is 11.1 Å². The molecule has 0 aromatic heterocycles. The van der Waals surface area contributed by atoms with E-state index in [0.717, 1.165) is 17.6 Å². The molecule has 37 heavy (non-hydrogen) atoms. The molecule has 2 saturated carbocycles. The van der Waals surface area contributed by atoms with Gasteiger partial charge in [-0.15, -0.1) is 0 Å². The molecule has 0 bridgehead atoms. The average molecular weight is 519 g/mol. The van der Waals surface area contributed by atoms with Crippen molar-refractivity contribution in [2.75, 3.05) is 6.61 Å². The number of allylic oxidation sites excluding steroid dienone is 1. The fourth-order valence-corrected chi connectivity index (χ4v) is 9.49. The molecule has 0 unspecified atom stereocenters. The van der Waals surface area contributed by atoms with Crippen molar-refractivity contribution in [2.45, 2.75) is 105 Å². The van der Waals surface area contributed by atoms with Crippen LogP contribution in [0.5, 0.6) is 0 Å². The molecule has 0 spiro atoms. The van der Waals surface area contributed by atoms with Crippen molar-refractivity contribution in [3.63, 3.8) is 0 Å². The van der Waals surface area contributed by atoms with E-state index < -0.39 is 45.8 Å². The number of carboxylic acid groups (broad SMARTS) is 1. The van der Waals surface area contributed by atoms with Gasteiger partial charge in [0, 0.05) is 35.7 Å². The fourth-order valence-electron chi connectivity index (χ4n) is 9.49. The Morgan fingerprint density at radius 1 is 1.03 bits per heavy atom. The van der Waals surface area contributed by atoms with Crippen LogP contribution in [-0.2, 0) is 14.4 Å². The molecule has 0 heterocycles. The number of hydrogen-bond acceptors (Lipinski definition) is 6. The number of aliphatic hydroxyl groups is 3. The molecule has 0 saturated heterocycles. The standard InChI is InChI=1S/C30H46O7/c1-16(11-18(32)12-17(2)26(36)37)20-13-24(35)30(6)19-7-8-22-27(3,10-9-23(34)28(22,4)15-31)25(19)21(33)14-29(20,30)5/h16-17,20,22-24,31,34-35H,7-15H2,1-6H3,(H,36,37)/t16-,17-,20+,22+,23-,24-,27+,28+,29+,30+/m0/s1. The number of Topliss-reactive ketones (excluding diaryl/α,β-unsaturated/α-hetero) is 2. The summed E-state index contributed by atoms with van der Waals surface area (Å²) in [6.07, 6.45) is 2.40. The molecule has 2 fully saturated rings. The number of carboxylic acids is 1. The van der Waals surface area contributed by atoms with Gasteiger partial charge in [-0.1, -0.05) is 47.1 Å². The molecule has 7 nitrogen and oxygen atoms in total. The summed E-state index contributed by atoms with van der Waals surface area (Å²) in [5.74, 6) is -1.84. The molecule has 10 atom stereocenters. The van der Waals surface area contributed by atoms with E-state index in [1.54, 1.807) is 6.92 Å². The minimum Gasteiger partial charge on any atom is -0.481 e. The van der Waals surface area contributed by atoms with Gasteiger partial charge in [0.1, 0.15) is 5.78 Å². The predicted molar refractivity (Wildman–Crippen MR) is 138 cm³/mol. The van der Waals surface area contributed by atoms with Crippen LogP contribution < -0.4 is 0 Å². The lowest BCUT2D eigenvalue weighted by Gasteiger charge is -2.61. The largest absolute Gasteiger partial charge is 0.481 e. The van der Waals surface area contributed by atoms with Crippen molar-refractivity contribution in [2.24, 2.45) is 45.3 Å². The predicted octanol–water partition coefficient (Wildman–Crippen LogP) is 3.92. The highest BCUT2D eigenvalue weighted by Gasteiger charge is 2.68. The van der Waals surface area contributed by atoms with Crippen LogP contribution in [0.3, 0.4) is 0 Å². The SMILES string of the molecule is C[C@@H](CC(=O)C[C@H](C)[C@H]1C[C@H](O)[C@@]2(C)C3=C(C(=O)C[C@]12C)[C@]1(C)CC[C@H](O)[C@](C)(CO)[C@@H]1CC3)C(=O)O. The first-order valence-electron chi connectivity index (χ1n) is 14.1. The number of ketones is 2. The lowest BCUT2D eigenvalue weighted by Crippen LogP contribution is -2.59. The first kappa shape index (κ1) is 28.4. The normalized spacial score (nSPS) is 45.1. The minimum absolute atomic E-state index is 0.00756. The summed E-state index contributed by atoms with van der Waals surface area (Å²) in [4.78, 5) is 38.0. The van der Waals surface area contributed by atoms with Gasteiger partial charge in [0.15, 0.2) is 5.78 Å². The van der Waals surface area contributed by atoms with Crippen molar-refractivity contribution in [1.29, 1.82) is 0 Å². The first-order chi connectivity index (χ1) is 17.1. The summed E-state index contributed by atoms with van der Waals surface area (Å²) in [5.41, 5.74) is -0.377. The van der Waals surface area contributed by atoms with Gasteiger partial charge >= 0.3 is 5.97 Å². The smallest absolute Gasteiger partial charge is 0.306 e. The van der Waals surface area contributed by atoms with Crippen LogP contribution in [0, 0.1) is 45.3 Å². The van der Waals surface area contributed by atoms with Gasteiger partial charge < -0.3 is 20.4 Å². The zero-order valence-electron chi connectivity index (χ0n) is 23.3. The van der Waals surface area contributed by atoms with Crippen molar-refractivity contribution < 1.29 is 34.8 Å². The van der Waals surface area contributed by atoms with Crippen LogP contribution in [0.25, 0.3) is 0 Å². The second kappa shape index (κ2) is 9.27. The molecule has 0 radical (unpaired) electrons. The molecular weight excluding hydrogens is 472 g/mol. The fraction of sp³-hybridized carbons (Fsp3) is 0.833. The molecule has 7 heteroatoms. The van der Waals surface area contributed by atoms with Gasteiger partial charge in [-0.3, -0.25) is 14.4 Å². The molecule has 0 aliphatic heterocycles. The molecule has 0 aromatic rings. The Bertz CT molecular complexity index is 1020. The summed E-state index contributed by atoms with van der Waals surface area (Å²) >= 11 is 0. The van der Waals surface area contributed by atoms with Crippen LogP contribution in [0.1, 0.15) is 92.9 Å². The van der Waals surface area contributed by atoms with E-state index in [2.05, 4.69) is 20.8 Å². The minimum atomic E-state index is -0.981. The Labute approximate surface area is 220 Å². The Morgan fingerprint density at radius 2 is 1.68 bits per heavy atom. The second-order valence-electron chi connectivity index (χ2n) is 13.8. The summed E-state index contributed by atoms with van der Waals surface area (Å²) < 4.78 is 0. The summed E-state index contributed by atoms with van der Waals surface area (Å²) in [5, 5.41) is 41.9. The number of carbonyl (C=O) groups excluding carboxylic acids is 2. The third-order valence-electron chi connectivity index (χ3n) is 11.9. The molecular formula is C30H46O7. The zero-order chi connectivity index (χ0) is 27.7. The second-order valence-corrected chi connectivity index (χ2v) is 13.8. The third-order valence-corrected chi connectivity index (χ3v) is 11.9. The van der Waals surface area contributed by atoms with Gasteiger partial charge in [-0.05, 0) is 60.7 Å². The van der Waals surface area contributed by atoms with Crippen molar-refractivity contribution in [1.82, 2.24) is 0 Å². The van der Waals surface area contributed by atoms with E-state index in [1.807, 2.05) is 13.8 Å².